The first kappa shape index (κ1) is 13.8. The Balaban J connectivity index is 1.70. The first-order valence-electron chi connectivity index (χ1n) is 7.59. The summed E-state index contributed by atoms with van der Waals surface area (Å²) >= 11 is 0. The summed E-state index contributed by atoms with van der Waals surface area (Å²) in [4.78, 5) is 4.47. The van der Waals surface area contributed by atoms with E-state index in [9.17, 15) is 0 Å². The van der Waals surface area contributed by atoms with Crippen molar-refractivity contribution in [3.63, 3.8) is 0 Å². The average molecular weight is 285 g/mol. The second kappa shape index (κ2) is 6.08. The Labute approximate surface area is 123 Å². The third kappa shape index (κ3) is 2.82. The van der Waals surface area contributed by atoms with E-state index in [1.54, 1.807) is 6.20 Å². The molecule has 1 saturated carbocycles. The van der Waals surface area contributed by atoms with Gasteiger partial charge in [-0.15, -0.1) is 0 Å². The van der Waals surface area contributed by atoms with E-state index < -0.39 is 0 Å². The van der Waals surface area contributed by atoms with Gasteiger partial charge in [0.2, 0.25) is 0 Å². The number of nitriles is 1. The second-order valence-electron chi connectivity index (χ2n) is 5.73. The van der Waals surface area contributed by atoms with E-state index in [4.69, 9.17) is 9.78 Å². The zero-order chi connectivity index (χ0) is 14.7. The third-order valence-corrected chi connectivity index (χ3v) is 4.33. The fourth-order valence-electron chi connectivity index (χ4n) is 3.16. The van der Waals surface area contributed by atoms with Crippen molar-refractivity contribution < 1.29 is 4.52 Å². The van der Waals surface area contributed by atoms with Crippen LogP contribution in [0.3, 0.4) is 0 Å². The maximum atomic E-state index is 8.99. The maximum absolute atomic E-state index is 8.99. The number of hydrogen-bond donors (Lipinski definition) is 1. The van der Waals surface area contributed by atoms with E-state index in [0.717, 1.165) is 24.6 Å². The zero-order valence-electron chi connectivity index (χ0n) is 12.2. The van der Waals surface area contributed by atoms with Crippen LogP contribution in [0.4, 0.5) is 0 Å². The molecule has 1 N–H and O–H groups in total. The van der Waals surface area contributed by atoms with E-state index in [0.29, 0.717) is 23.1 Å². The van der Waals surface area contributed by atoms with Gasteiger partial charge in [-0.05, 0) is 31.6 Å². The summed E-state index contributed by atoms with van der Waals surface area (Å²) in [6.07, 6.45) is 8.88. The highest BCUT2D eigenvalue weighted by Crippen LogP contribution is 2.36. The summed E-state index contributed by atoms with van der Waals surface area (Å²) in [5.41, 5.74) is 0.938. The molecule has 6 nitrogen and oxygen atoms in total. The Bertz CT molecular complexity index is 631. The summed E-state index contributed by atoms with van der Waals surface area (Å²) in [7, 11) is 0. The molecule has 0 atom stereocenters. The Morgan fingerprint density at radius 3 is 2.90 bits per heavy atom. The molecule has 1 aliphatic carbocycles. The van der Waals surface area contributed by atoms with Crippen LogP contribution >= 0.6 is 0 Å². The van der Waals surface area contributed by atoms with Crippen LogP contribution in [0.2, 0.25) is 0 Å². The van der Waals surface area contributed by atoms with Crippen LogP contribution in [-0.2, 0) is 0 Å². The Kier molecular flexibility index (Phi) is 4.00. The van der Waals surface area contributed by atoms with Crippen molar-refractivity contribution in [3.05, 3.63) is 17.7 Å². The molecule has 0 bridgehead atoms. The fraction of sp³-hybridized carbons (Fsp3) is 0.600. The number of aromatic amines is 1. The predicted molar refractivity (Wildman–Crippen MR) is 76.2 cm³/mol. The lowest BCUT2D eigenvalue weighted by Gasteiger charge is -2.26. The lowest BCUT2D eigenvalue weighted by molar-refractivity contribution is 0.296. The van der Waals surface area contributed by atoms with Gasteiger partial charge in [0.1, 0.15) is 11.8 Å². The Morgan fingerprint density at radius 2 is 2.19 bits per heavy atom. The highest BCUT2D eigenvalue weighted by Gasteiger charge is 2.26. The van der Waals surface area contributed by atoms with Crippen molar-refractivity contribution in [1.82, 2.24) is 20.3 Å². The standard InChI is InChI=1S/C15H19N5O/c1-2-3-10-4-6-11(7-5-10)14-18-15(21-20-14)12-9-17-19-13(12)8-16/h9-11H,2-7H2,1H3,(H,17,19). The topological polar surface area (TPSA) is 91.4 Å². The molecule has 0 aliphatic heterocycles. The highest BCUT2D eigenvalue weighted by atomic mass is 16.5. The van der Waals surface area contributed by atoms with Crippen molar-refractivity contribution in [1.29, 1.82) is 5.26 Å². The number of H-pyrrole nitrogens is 1. The van der Waals surface area contributed by atoms with Gasteiger partial charge in [0.15, 0.2) is 5.82 Å². The molecule has 2 aromatic rings. The van der Waals surface area contributed by atoms with Crippen molar-refractivity contribution in [2.24, 2.45) is 5.92 Å². The molecule has 0 aromatic carbocycles. The molecule has 6 heteroatoms. The summed E-state index contributed by atoms with van der Waals surface area (Å²) in [5, 5.41) is 19.6. The number of aromatic nitrogens is 4. The molecule has 3 rings (SSSR count). The SMILES string of the molecule is CCCC1CCC(c2noc(-c3cn[nH]c3C#N)n2)CC1. The minimum atomic E-state index is 0.358. The molecule has 2 heterocycles. The van der Waals surface area contributed by atoms with E-state index in [1.165, 1.54) is 25.7 Å². The van der Waals surface area contributed by atoms with Gasteiger partial charge in [-0.25, -0.2) is 0 Å². The average Bonchev–Trinajstić information content (AvgIpc) is 3.17. The lowest BCUT2D eigenvalue weighted by atomic mass is 9.80. The zero-order valence-corrected chi connectivity index (χ0v) is 12.2. The van der Waals surface area contributed by atoms with Crippen LogP contribution in [0.1, 0.15) is 62.9 Å². The smallest absolute Gasteiger partial charge is 0.262 e. The monoisotopic (exact) mass is 285 g/mol. The summed E-state index contributed by atoms with van der Waals surface area (Å²) in [5.74, 6) is 2.39. The van der Waals surface area contributed by atoms with E-state index in [-0.39, 0.29) is 0 Å². The molecule has 0 radical (unpaired) electrons. The molecule has 110 valence electrons. The summed E-state index contributed by atoms with van der Waals surface area (Å²) in [6.45, 7) is 2.25. The van der Waals surface area contributed by atoms with Gasteiger partial charge in [-0.1, -0.05) is 24.9 Å². The van der Waals surface area contributed by atoms with Crippen LogP contribution in [0, 0.1) is 17.2 Å². The largest absolute Gasteiger partial charge is 0.334 e. The number of nitrogens with zero attached hydrogens (tertiary/aromatic N) is 4. The van der Waals surface area contributed by atoms with Crippen molar-refractivity contribution >= 4 is 0 Å². The lowest BCUT2D eigenvalue weighted by Crippen LogP contribution is -2.14. The van der Waals surface area contributed by atoms with E-state index in [1.807, 2.05) is 6.07 Å². The first-order chi connectivity index (χ1) is 10.3. The van der Waals surface area contributed by atoms with Crippen LogP contribution in [-0.4, -0.2) is 20.3 Å². The van der Waals surface area contributed by atoms with Crippen molar-refractivity contribution in [2.45, 2.75) is 51.4 Å². The van der Waals surface area contributed by atoms with Gasteiger partial charge in [-0.2, -0.15) is 15.3 Å². The van der Waals surface area contributed by atoms with E-state index in [2.05, 4.69) is 27.3 Å². The molecule has 1 aliphatic rings. The fourth-order valence-corrected chi connectivity index (χ4v) is 3.16. The number of hydrogen-bond acceptors (Lipinski definition) is 5. The van der Waals surface area contributed by atoms with Gasteiger partial charge in [0.05, 0.1) is 11.8 Å². The van der Waals surface area contributed by atoms with Gasteiger partial charge in [0.25, 0.3) is 5.89 Å². The molecule has 0 unspecified atom stereocenters. The van der Waals surface area contributed by atoms with Crippen LogP contribution in [0.25, 0.3) is 11.5 Å². The maximum Gasteiger partial charge on any atom is 0.262 e. The number of rotatable bonds is 4. The minimum Gasteiger partial charge on any atom is -0.334 e. The molecular weight excluding hydrogens is 266 g/mol. The third-order valence-electron chi connectivity index (χ3n) is 4.33. The minimum absolute atomic E-state index is 0.358. The number of nitrogens with one attached hydrogen (secondary N) is 1. The summed E-state index contributed by atoms with van der Waals surface area (Å²) in [6, 6.07) is 2.04. The van der Waals surface area contributed by atoms with Gasteiger partial charge in [-0.3, -0.25) is 5.10 Å². The second-order valence-corrected chi connectivity index (χ2v) is 5.73. The molecule has 21 heavy (non-hydrogen) atoms. The predicted octanol–water partition coefficient (Wildman–Crippen LogP) is 3.41. The van der Waals surface area contributed by atoms with Gasteiger partial charge in [0, 0.05) is 5.92 Å². The molecule has 1 fully saturated rings. The van der Waals surface area contributed by atoms with Crippen molar-refractivity contribution in [3.8, 4) is 17.5 Å². The van der Waals surface area contributed by atoms with Crippen LogP contribution < -0.4 is 0 Å². The quantitative estimate of drug-likeness (QED) is 0.929. The normalized spacial score (nSPS) is 22.1. The molecule has 0 spiro atoms. The molecule has 2 aromatic heterocycles. The Morgan fingerprint density at radius 1 is 1.38 bits per heavy atom. The Hall–Kier alpha value is -2.16. The van der Waals surface area contributed by atoms with Crippen LogP contribution in [0.15, 0.2) is 10.7 Å². The van der Waals surface area contributed by atoms with Crippen molar-refractivity contribution in [2.75, 3.05) is 0 Å². The van der Waals surface area contributed by atoms with Gasteiger partial charge >= 0.3 is 0 Å². The van der Waals surface area contributed by atoms with Gasteiger partial charge < -0.3 is 4.52 Å². The molecule has 0 saturated heterocycles. The highest BCUT2D eigenvalue weighted by molar-refractivity contribution is 5.59. The summed E-state index contributed by atoms with van der Waals surface area (Å²) < 4.78 is 5.31. The van der Waals surface area contributed by atoms with E-state index >= 15 is 0 Å². The van der Waals surface area contributed by atoms with Crippen LogP contribution in [0.5, 0.6) is 0 Å². The molecule has 0 amide bonds. The first-order valence-corrected chi connectivity index (χ1v) is 7.59. The molecular formula is C15H19N5O.